The molecule has 1 nitrogen and oxygen atoms in total. The van der Waals surface area contributed by atoms with Crippen LogP contribution in [0.4, 0.5) is 0 Å². The molecule has 19 heavy (non-hydrogen) atoms. The molecule has 108 valence electrons. The summed E-state index contributed by atoms with van der Waals surface area (Å²) in [4.78, 5) is 1.38. The molecule has 0 aromatic heterocycles. The maximum atomic E-state index is 3.59. The molecule has 0 radical (unpaired) electrons. The first-order valence-electron chi connectivity index (χ1n) is 7.31. The molecule has 0 aliphatic rings. The van der Waals surface area contributed by atoms with Crippen LogP contribution in [0.2, 0.25) is 0 Å². The standard InChI is InChI=1S/C17H29NS/c1-14(2)18-13-15(17(3,4)5)11-12-19-16-9-7-6-8-10-16/h6-10,14-15,18H,11-13H2,1-5H3. The summed E-state index contributed by atoms with van der Waals surface area (Å²) in [5, 5.41) is 3.59. The lowest BCUT2D eigenvalue weighted by Crippen LogP contribution is -2.35. The van der Waals surface area contributed by atoms with Crippen molar-refractivity contribution in [2.24, 2.45) is 11.3 Å². The van der Waals surface area contributed by atoms with E-state index in [9.17, 15) is 0 Å². The van der Waals surface area contributed by atoms with Gasteiger partial charge in [-0.05, 0) is 42.2 Å². The Labute approximate surface area is 123 Å². The third-order valence-electron chi connectivity index (χ3n) is 3.48. The fraction of sp³-hybridized carbons (Fsp3) is 0.647. The first-order chi connectivity index (χ1) is 8.89. The molecular weight excluding hydrogens is 250 g/mol. The number of hydrogen-bond acceptors (Lipinski definition) is 2. The Bertz CT molecular complexity index is 340. The zero-order valence-corrected chi connectivity index (χ0v) is 13.9. The van der Waals surface area contributed by atoms with Crippen molar-refractivity contribution in [1.82, 2.24) is 5.32 Å². The van der Waals surface area contributed by atoms with Gasteiger partial charge in [0.2, 0.25) is 0 Å². The first-order valence-corrected chi connectivity index (χ1v) is 8.29. The van der Waals surface area contributed by atoms with Crippen molar-refractivity contribution in [2.75, 3.05) is 12.3 Å². The molecule has 1 atom stereocenters. The molecule has 0 spiro atoms. The summed E-state index contributed by atoms with van der Waals surface area (Å²) in [6.45, 7) is 12.6. The molecule has 1 rings (SSSR count). The second-order valence-electron chi connectivity index (χ2n) is 6.58. The molecule has 0 saturated carbocycles. The molecule has 0 aliphatic heterocycles. The van der Waals surface area contributed by atoms with Crippen LogP contribution in [-0.2, 0) is 0 Å². The number of benzene rings is 1. The minimum atomic E-state index is 0.374. The molecule has 0 heterocycles. The van der Waals surface area contributed by atoms with E-state index in [-0.39, 0.29) is 0 Å². The lowest BCUT2D eigenvalue weighted by molar-refractivity contribution is 0.223. The summed E-state index contributed by atoms with van der Waals surface area (Å²) in [6, 6.07) is 11.3. The minimum absolute atomic E-state index is 0.374. The third-order valence-corrected chi connectivity index (χ3v) is 4.52. The number of rotatable bonds is 7. The van der Waals surface area contributed by atoms with E-state index in [1.165, 1.54) is 17.1 Å². The number of hydrogen-bond donors (Lipinski definition) is 1. The van der Waals surface area contributed by atoms with Crippen LogP contribution in [-0.4, -0.2) is 18.3 Å². The Morgan fingerprint density at radius 2 is 1.74 bits per heavy atom. The van der Waals surface area contributed by atoms with Crippen molar-refractivity contribution >= 4 is 11.8 Å². The van der Waals surface area contributed by atoms with Gasteiger partial charge in [0.15, 0.2) is 0 Å². The lowest BCUT2D eigenvalue weighted by Gasteiger charge is -2.31. The van der Waals surface area contributed by atoms with Crippen molar-refractivity contribution in [3.05, 3.63) is 30.3 Å². The minimum Gasteiger partial charge on any atom is -0.314 e. The van der Waals surface area contributed by atoms with Crippen LogP contribution in [0.1, 0.15) is 41.0 Å². The van der Waals surface area contributed by atoms with Gasteiger partial charge >= 0.3 is 0 Å². The van der Waals surface area contributed by atoms with E-state index in [1.807, 2.05) is 11.8 Å². The summed E-state index contributed by atoms with van der Waals surface area (Å²) in [5.41, 5.74) is 0.374. The summed E-state index contributed by atoms with van der Waals surface area (Å²) < 4.78 is 0. The van der Waals surface area contributed by atoms with Crippen LogP contribution in [0, 0.1) is 11.3 Å². The van der Waals surface area contributed by atoms with Crippen LogP contribution >= 0.6 is 11.8 Å². The smallest absolute Gasteiger partial charge is 0.00719 e. The topological polar surface area (TPSA) is 12.0 Å². The molecule has 0 aliphatic carbocycles. The van der Waals surface area contributed by atoms with E-state index in [0.29, 0.717) is 11.5 Å². The summed E-state index contributed by atoms with van der Waals surface area (Å²) in [6.07, 6.45) is 1.27. The fourth-order valence-electron chi connectivity index (χ4n) is 2.05. The first kappa shape index (κ1) is 16.6. The lowest BCUT2D eigenvalue weighted by atomic mass is 9.79. The molecule has 1 aromatic carbocycles. The van der Waals surface area contributed by atoms with Gasteiger partial charge in [-0.2, -0.15) is 0 Å². The molecule has 0 amide bonds. The van der Waals surface area contributed by atoms with E-state index < -0.39 is 0 Å². The van der Waals surface area contributed by atoms with Crippen molar-refractivity contribution in [3.8, 4) is 0 Å². The predicted octanol–water partition coefficient (Wildman–Crippen LogP) is 4.83. The van der Waals surface area contributed by atoms with Crippen molar-refractivity contribution in [2.45, 2.75) is 52.0 Å². The van der Waals surface area contributed by atoms with Crippen LogP contribution in [0.15, 0.2) is 35.2 Å². The highest BCUT2D eigenvalue weighted by molar-refractivity contribution is 7.99. The molecule has 0 saturated heterocycles. The average Bonchev–Trinajstić information content (AvgIpc) is 2.33. The molecular formula is C17H29NS. The van der Waals surface area contributed by atoms with Crippen LogP contribution in [0.5, 0.6) is 0 Å². The molecule has 0 fully saturated rings. The molecule has 2 heteroatoms. The zero-order valence-electron chi connectivity index (χ0n) is 13.1. The summed E-state index contributed by atoms with van der Waals surface area (Å²) >= 11 is 1.97. The van der Waals surface area contributed by atoms with Gasteiger partial charge in [-0.1, -0.05) is 52.8 Å². The van der Waals surface area contributed by atoms with Crippen LogP contribution < -0.4 is 5.32 Å². The predicted molar refractivity (Wildman–Crippen MR) is 87.9 cm³/mol. The van der Waals surface area contributed by atoms with Gasteiger partial charge < -0.3 is 5.32 Å². The second kappa shape index (κ2) is 7.96. The van der Waals surface area contributed by atoms with Gasteiger partial charge in [0.05, 0.1) is 0 Å². The van der Waals surface area contributed by atoms with Crippen molar-refractivity contribution < 1.29 is 0 Å². The largest absolute Gasteiger partial charge is 0.314 e. The molecule has 1 unspecified atom stereocenters. The Kier molecular flexibility index (Phi) is 6.95. The zero-order chi connectivity index (χ0) is 14.3. The molecule has 0 bridgehead atoms. The Hall–Kier alpha value is -0.470. The van der Waals surface area contributed by atoms with E-state index in [2.05, 4.69) is 70.3 Å². The van der Waals surface area contributed by atoms with Gasteiger partial charge in [0, 0.05) is 10.9 Å². The maximum absolute atomic E-state index is 3.59. The number of thioether (sulfide) groups is 1. The maximum Gasteiger partial charge on any atom is 0.00719 e. The highest BCUT2D eigenvalue weighted by Gasteiger charge is 2.24. The number of nitrogens with one attached hydrogen (secondary N) is 1. The van der Waals surface area contributed by atoms with Gasteiger partial charge in [-0.25, -0.2) is 0 Å². The van der Waals surface area contributed by atoms with E-state index in [0.717, 1.165) is 12.5 Å². The SMILES string of the molecule is CC(C)NCC(CCSc1ccccc1)C(C)(C)C. The van der Waals surface area contributed by atoms with E-state index >= 15 is 0 Å². The van der Waals surface area contributed by atoms with E-state index in [1.54, 1.807) is 0 Å². The highest BCUT2D eigenvalue weighted by Crippen LogP contribution is 2.30. The Balaban J connectivity index is 2.40. The Morgan fingerprint density at radius 3 is 2.26 bits per heavy atom. The second-order valence-corrected chi connectivity index (χ2v) is 7.74. The van der Waals surface area contributed by atoms with Crippen LogP contribution in [0.25, 0.3) is 0 Å². The summed E-state index contributed by atoms with van der Waals surface area (Å²) in [5.74, 6) is 1.93. The van der Waals surface area contributed by atoms with Gasteiger partial charge in [-0.15, -0.1) is 11.8 Å². The van der Waals surface area contributed by atoms with Gasteiger partial charge in [-0.3, -0.25) is 0 Å². The fourth-order valence-corrected chi connectivity index (χ4v) is 3.04. The quantitative estimate of drug-likeness (QED) is 0.718. The van der Waals surface area contributed by atoms with Crippen molar-refractivity contribution in [3.63, 3.8) is 0 Å². The average molecular weight is 279 g/mol. The third kappa shape index (κ3) is 7.03. The normalized spacial score (nSPS) is 13.8. The van der Waals surface area contributed by atoms with Crippen LogP contribution in [0.3, 0.4) is 0 Å². The monoisotopic (exact) mass is 279 g/mol. The van der Waals surface area contributed by atoms with Gasteiger partial charge in [0.25, 0.3) is 0 Å². The Morgan fingerprint density at radius 1 is 1.11 bits per heavy atom. The van der Waals surface area contributed by atoms with E-state index in [4.69, 9.17) is 0 Å². The molecule has 1 aromatic rings. The van der Waals surface area contributed by atoms with Gasteiger partial charge in [0.1, 0.15) is 0 Å². The molecule has 1 N–H and O–H groups in total. The highest BCUT2D eigenvalue weighted by atomic mass is 32.2. The van der Waals surface area contributed by atoms with Crippen molar-refractivity contribution in [1.29, 1.82) is 0 Å². The summed E-state index contributed by atoms with van der Waals surface area (Å²) in [7, 11) is 0.